The summed E-state index contributed by atoms with van der Waals surface area (Å²) in [6.07, 6.45) is 3.83. The number of carbonyl (C=O) groups excluding carboxylic acids is 1. The maximum Gasteiger partial charge on any atom is 0.276 e. The van der Waals surface area contributed by atoms with Crippen LogP contribution in [0.1, 0.15) is 43.2 Å². The van der Waals surface area contributed by atoms with Gasteiger partial charge in [0.15, 0.2) is 5.69 Å². The van der Waals surface area contributed by atoms with Crippen LogP contribution in [0.5, 0.6) is 0 Å². The summed E-state index contributed by atoms with van der Waals surface area (Å²) in [5.41, 5.74) is 1.39. The number of carbonyl (C=O) groups is 1. The number of nitrogens with zero attached hydrogens (tertiary/aromatic N) is 4. The Labute approximate surface area is 119 Å². The van der Waals surface area contributed by atoms with E-state index in [1.807, 2.05) is 18.5 Å². The number of rotatable bonds is 5. The summed E-state index contributed by atoms with van der Waals surface area (Å²) in [5.74, 6) is -0.0734. The van der Waals surface area contributed by atoms with Gasteiger partial charge in [0, 0.05) is 13.1 Å². The first-order valence-corrected chi connectivity index (χ1v) is 7.18. The average Bonchev–Trinajstić information content (AvgIpc) is 2.94. The second kappa shape index (κ2) is 6.65. The Bertz CT molecular complexity index is 476. The van der Waals surface area contributed by atoms with Crippen LogP contribution in [0, 0.1) is 0 Å². The molecule has 0 aliphatic carbocycles. The fourth-order valence-corrected chi connectivity index (χ4v) is 2.44. The van der Waals surface area contributed by atoms with Gasteiger partial charge in [0.2, 0.25) is 0 Å². The Morgan fingerprint density at radius 1 is 1.55 bits per heavy atom. The van der Waals surface area contributed by atoms with Crippen molar-refractivity contribution in [3.05, 3.63) is 24.0 Å². The smallest absolute Gasteiger partial charge is 0.276 e. The van der Waals surface area contributed by atoms with Crippen molar-refractivity contribution < 1.29 is 4.79 Å². The molecule has 0 bridgehead atoms. The highest BCUT2D eigenvalue weighted by atomic mass is 16.2. The summed E-state index contributed by atoms with van der Waals surface area (Å²) in [6.45, 7) is 10.9. The molecule has 0 saturated carbocycles. The molecule has 1 aromatic rings. The van der Waals surface area contributed by atoms with Crippen LogP contribution in [-0.2, 0) is 0 Å². The van der Waals surface area contributed by atoms with Crippen molar-refractivity contribution in [2.24, 2.45) is 0 Å². The zero-order chi connectivity index (χ0) is 14.5. The third-order valence-electron chi connectivity index (χ3n) is 3.54. The fraction of sp³-hybridized carbons (Fsp3) is 0.643. The highest BCUT2D eigenvalue weighted by Gasteiger charge is 2.21. The number of nitrogens with one attached hydrogen (secondary N) is 1. The van der Waals surface area contributed by atoms with Gasteiger partial charge in [0.05, 0.1) is 12.2 Å². The number of aromatic nitrogens is 3. The van der Waals surface area contributed by atoms with Crippen molar-refractivity contribution in [1.82, 2.24) is 25.2 Å². The molecule has 1 aromatic heterocycles. The van der Waals surface area contributed by atoms with Gasteiger partial charge >= 0.3 is 0 Å². The van der Waals surface area contributed by atoms with Crippen LogP contribution in [0.25, 0.3) is 0 Å². The lowest BCUT2D eigenvalue weighted by Gasteiger charge is -2.22. The first-order valence-electron chi connectivity index (χ1n) is 7.18. The van der Waals surface area contributed by atoms with Crippen molar-refractivity contribution in [1.29, 1.82) is 0 Å². The van der Waals surface area contributed by atoms with Gasteiger partial charge in [0.1, 0.15) is 0 Å². The Kier molecular flexibility index (Phi) is 4.89. The summed E-state index contributed by atoms with van der Waals surface area (Å²) in [7, 11) is 0. The minimum atomic E-state index is -0.0734. The summed E-state index contributed by atoms with van der Waals surface area (Å²) in [6, 6.07) is 0.349. The first-order chi connectivity index (χ1) is 9.61. The molecule has 20 heavy (non-hydrogen) atoms. The zero-order valence-corrected chi connectivity index (χ0v) is 12.3. The van der Waals surface area contributed by atoms with E-state index in [4.69, 9.17) is 0 Å². The summed E-state index contributed by atoms with van der Waals surface area (Å²) in [4.78, 5) is 14.1. The van der Waals surface area contributed by atoms with Gasteiger partial charge in [-0.2, -0.15) is 0 Å². The first kappa shape index (κ1) is 14.7. The van der Waals surface area contributed by atoms with Crippen LogP contribution in [0.3, 0.4) is 0 Å². The van der Waals surface area contributed by atoms with E-state index in [9.17, 15) is 4.79 Å². The van der Waals surface area contributed by atoms with Crippen LogP contribution < -0.4 is 5.32 Å². The molecular weight excluding hydrogens is 254 g/mol. The van der Waals surface area contributed by atoms with Gasteiger partial charge in [-0.3, -0.25) is 4.79 Å². The minimum absolute atomic E-state index is 0.0734. The van der Waals surface area contributed by atoms with Gasteiger partial charge in [-0.05, 0) is 39.8 Å². The van der Waals surface area contributed by atoms with Crippen LogP contribution >= 0.6 is 0 Å². The highest BCUT2D eigenvalue weighted by molar-refractivity contribution is 5.92. The lowest BCUT2D eigenvalue weighted by Crippen LogP contribution is -2.32. The third-order valence-corrected chi connectivity index (χ3v) is 3.54. The Morgan fingerprint density at radius 3 is 2.85 bits per heavy atom. The van der Waals surface area contributed by atoms with Crippen molar-refractivity contribution in [2.45, 2.75) is 32.7 Å². The lowest BCUT2D eigenvalue weighted by atomic mass is 10.1. The second-order valence-corrected chi connectivity index (χ2v) is 5.34. The largest absolute Gasteiger partial charge is 0.334 e. The summed E-state index contributed by atoms with van der Waals surface area (Å²) < 4.78 is 1.84. The molecule has 1 saturated heterocycles. The zero-order valence-electron chi connectivity index (χ0n) is 12.3. The SMILES string of the molecule is C=C(C)CN(CC)C(=O)c1cn(C2CCNCC2)nn1. The molecule has 0 radical (unpaired) electrons. The molecule has 1 amide bonds. The molecule has 110 valence electrons. The van der Waals surface area contributed by atoms with Crippen LogP contribution in [0.4, 0.5) is 0 Å². The summed E-state index contributed by atoms with van der Waals surface area (Å²) >= 11 is 0. The van der Waals surface area contributed by atoms with E-state index in [0.717, 1.165) is 31.5 Å². The normalized spacial score (nSPS) is 16.1. The molecule has 0 aromatic carbocycles. The molecule has 1 N–H and O–H groups in total. The van der Waals surface area contributed by atoms with Crippen molar-refractivity contribution in [3.8, 4) is 0 Å². The van der Waals surface area contributed by atoms with E-state index >= 15 is 0 Å². The fourth-order valence-electron chi connectivity index (χ4n) is 2.44. The van der Waals surface area contributed by atoms with Crippen molar-refractivity contribution in [2.75, 3.05) is 26.2 Å². The van der Waals surface area contributed by atoms with Crippen molar-refractivity contribution >= 4 is 5.91 Å². The van der Waals surface area contributed by atoms with E-state index in [-0.39, 0.29) is 5.91 Å². The second-order valence-electron chi connectivity index (χ2n) is 5.34. The summed E-state index contributed by atoms with van der Waals surface area (Å²) in [5, 5.41) is 11.5. The third kappa shape index (κ3) is 3.45. The maximum absolute atomic E-state index is 12.4. The Hall–Kier alpha value is -1.69. The molecule has 2 heterocycles. The minimum Gasteiger partial charge on any atom is -0.334 e. The molecule has 0 spiro atoms. The molecule has 2 rings (SSSR count). The standard InChI is InChI=1S/C14H23N5O/c1-4-18(9-11(2)3)14(20)13-10-19(17-16-13)12-5-7-15-8-6-12/h10,12,15H,2,4-9H2,1,3H3. The molecule has 1 fully saturated rings. The molecule has 0 atom stereocenters. The number of likely N-dealkylation sites (N-methyl/N-ethyl adjacent to an activating group) is 1. The molecule has 0 unspecified atom stereocenters. The van der Waals surface area contributed by atoms with E-state index in [1.54, 1.807) is 11.1 Å². The molecular formula is C14H23N5O. The maximum atomic E-state index is 12.4. The van der Waals surface area contributed by atoms with Crippen LogP contribution in [-0.4, -0.2) is 52.0 Å². The van der Waals surface area contributed by atoms with Crippen LogP contribution in [0.15, 0.2) is 18.3 Å². The Morgan fingerprint density at radius 2 is 2.25 bits per heavy atom. The number of hydrogen-bond donors (Lipinski definition) is 1. The number of piperidine rings is 1. The van der Waals surface area contributed by atoms with E-state index in [0.29, 0.717) is 24.8 Å². The number of amides is 1. The van der Waals surface area contributed by atoms with Crippen molar-refractivity contribution in [3.63, 3.8) is 0 Å². The van der Waals surface area contributed by atoms with E-state index < -0.39 is 0 Å². The average molecular weight is 277 g/mol. The molecule has 1 aliphatic heterocycles. The quantitative estimate of drug-likeness (QED) is 0.823. The predicted molar refractivity (Wildman–Crippen MR) is 77.6 cm³/mol. The monoisotopic (exact) mass is 277 g/mol. The van der Waals surface area contributed by atoms with E-state index in [2.05, 4.69) is 22.2 Å². The highest BCUT2D eigenvalue weighted by Crippen LogP contribution is 2.17. The van der Waals surface area contributed by atoms with Gasteiger partial charge in [-0.1, -0.05) is 17.4 Å². The predicted octanol–water partition coefficient (Wildman–Crippen LogP) is 1.24. The Balaban J connectivity index is 2.06. The molecule has 6 nitrogen and oxygen atoms in total. The molecule has 6 heteroatoms. The topological polar surface area (TPSA) is 63.1 Å². The van der Waals surface area contributed by atoms with Crippen LogP contribution in [0.2, 0.25) is 0 Å². The lowest BCUT2D eigenvalue weighted by molar-refractivity contribution is 0.0772. The molecule has 1 aliphatic rings. The van der Waals surface area contributed by atoms with Gasteiger partial charge < -0.3 is 10.2 Å². The number of hydrogen-bond acceptors (Lipinski definition) is 4. The van der Waals surface area contributed by atoms with Gasteiger partial charge in [0.25, 0.3) is 5.91 Å². The van der Waals surface area contributed by atoms with E-state index in [1.165, 1.54) is 0 Å². The van der Waals surface area contributed by atoms with Gasteiger partial charge in [-0.25, -0.2) is 4.68 Å². The van der Waals surface area contributed by atoms with Gasteiger partial charge in [-0.15, -0.1) is 5.10 Å².